The van der Waals surface area contributed by atoms with Crippen molar-refractivity contribution < 1.29 is 9.53 Å². The number of rotatable bonds is 8. The molecule has 0 bridgehead atoms. The van der Waals surface area contributed by atoms with Gasteiger partial charge in [-0.05, 0) is 58.5 Å². The van der Waals surface area contributed by atoms with E-state index in [-0.39, 0.29) is 5.91 Å². The van der Waals surface area contributed by atoms with E-state index in [9.17, 15) is 4.79 Å². The van der Waals surface area contributed by atoms with Crippen LogP contribution in [0.25, 0.3) is 0 Å². The fourth-order valence-corrected chi connectivity index (χ4v) is 3.04. The second-order valence-electron chi connectivity index (χ2n) is 4.71. The number of thiophene rings is 1. The van der Waals surface area contributed by atoms with Crippen LogP contribution in [0.4, 0.5) is 0 Å². The molecule has 1 heterocycles. The zero-order valence-corrected chi connectivity index (χ0v) is 14.8. The van der Waals surface area contributed by atoms with E-state index < -0.39 is 0 Å². The molecule has 0 saturated carbocycles. The standard InChI is InChI=1S/C16H19BrN2O2S/c1-21-12-5-6-15(17)14(10-12)16(20)19-8-3-7-18-11-13-4-2-9-22-13/h2,4-6,9-10,18H,3,7-8,11H2,1H3,(H,19,20). The molecule has 2 rings (SSSR count). The van der Waals surface area contributed by atoms with Crippen molar-refractivity contribution in [3.63, 3.8) is 0 Å². The van der Waals surface area contributed by atoms with Crippen LogP contribution in [-0.4, -0.2) is 26.1 Å². The molecule has 0 spiro atoms. The van der Waals surface area contributed by atoms with Crippen molar-refractivity contribution in [2.45, 2.75) is 13.0 Å². The Morgan fingerprint density at radius 2 is 2.18 bits per heavy atom. The maximum absolute atomic E-state index is 12.1. The molecule has 0 aliphatic rings. The fourth-order valence-electron chi connectivity index (χ4n) is 1.94. The molecular weight excluding hydrogens is 364 g/mol. The number of methoxy groups -OCH3 is 1. The molecule has 0 saturated heterocycles. The van der Waals surface area contributed by atoms with Crippen LogP contribution in [0.3, 0.4) is 0 Å². The highest BCUT2D eigenvalue weighted by molar-refractivity contribution is 9.10. The lowest BCUT2D eigenvalue weighted by Gasteiger charge is -2.09. The third-order valence-corrected chi connectivity index (χ3v) is 4.68. The SMILES string of the molecule is COc1ccc(Br)c(C(=O)NCCCNCc2cccs2)c1. The first kappa shape index (κ1) is 17.0. The molecule has 0 radical (unpaired) electrons. The maximum atomic E-state index is 12.1. The van der Waals surface area contributed by atoms with Crippen LogP contribution in [0.15, 0.2) is 40.2 Å². The van der Waals surface area contributed by atoms with Crippen LogP contribution >= 0.6 is 27.3 Å². The van der Waals surface area contributed by atoms with Gasteiger partial charge in [0.05, 0.1) is 12.7 Å². The largest absolute Gasteiger partial charge is 0.497 e. The summed E-state index contributed by atoms with van der Waals surface area (Å²) in [6.07, 6.45) is 0.888. The molecule has 1 amide bonds. The summed E-state index contributed by atoms with van der Waals surface area (Å²) in [4.78, 5) is 13.5. The number of halogens is 1. The minimum absolute atomic E-state index is 0.0935. The molecule has 118 valence electrons. The number of benzene rings is 1. The molecule has 1 aromatic carbocycles. The first-order valence-corrected chi connectivity index (χ1v) is 8.73. The number of hydrogen-bond donors (Lipinski definition) is 2. The first-order chi connectivity index (χ1) is 10.7. The van der Waals surface area contributed by atoms with Gasteiger partial charge in [-0.15, -0.1) is 11.3 Å². The second kappa shape index (κ2) is 8.92. The van der Waals surface area contributed by atoms with Gasteiger partial charge in [0.25, 0.3) is 5.91 Å². The highest BCUT2D eigenvalue weighted by atomic mass is 79.9. The van der Waals surface area contributed by atoms with E-state index in [1.165, 1.54) is 4.88 Å². The maximum Gasteiger partial charge on any atom is 0.252 e. The van der Waals surface area contributed by atoms with Crippen LogP contribution in [0.2, 0.25) is 0 Å². The molecule has 0 aliphatic heterocycles. The summed E-state index contributed by atoms with van der Waals surface area (Å²) in [7, 11) is 1.59. The summed E-state index contributed by atoms with van der Waals surface area (Å²) in [6, 6.07) is 9.52. The minimum atomic E-state index is -0.0935. The van der Waals surface area contributed by atoms with Gasteiger partial charge >= 0.3 is 0 Å². The summed E-state index contributed by atoms with van der Waals surface area (Å²) in [5, 5.41) is 8.36. The summed E-state index contributed by atoms with van der Waals surface area (Å²) < 4.78 is 5.91. The molecule has 2 N–H and O–H groups in total. The Morgan fingerprint density at radius 1 is 1.32 bits per heavy atom. The lowest BCUT2D eigenvalue weighted by atomic mass is 10.2. The third-order valence-electron chi connectivity index (χ3n) is 3.11. The Balaban J connectivity index is 1.69. The highest BCUT2D eigenvalue weighted by Crippen LogP contribution is 2.22. The molecule has 0 aliphatic carbocycles. The van der Waals surface area contributed by atoms with Crippen molar-refractivity contribution in [1.82, 2.24) is 10.6 Å². The van der Waals surface area contributed by atoms with Crippen LogP contribution in [0.1, 0.15) is 21.7 Å². The topological polar surface area (TPSA) is 50.4 Å². The predicted octanol–water partition coefficient (Wildman–Crippen LogP) is 3.43. The lowest BCUT2D eigenvalue weighted by Crippen LogP contribution is -2.27. The van der Waals surface area contributed by atoms with E-state index in [0.29, 0.717) is 17.9 Å². The number of carbonyl (C=O) groups is 1. The highest BCUT2D eigenvalue weighted by Gasteiger charge is 2.10. The van der Waals surface area contributed by atoms with Gasteiger partial charge in [0, 0.05) is 22.4 Å². The first-order valence-electron chi connectivity index (χ1n) is 7.05. The number of amides is 1. The predicted molar refractivity (Wildman–Crippen MR) is 93.7 cm³/mol. The van der Waals surface area contributed by atoms with Crippen molar-refractivity contribution in [2.24, 2.45) is 0 Å². The number of carbonyl (C=O) groups excluding carboxylic acids is 1. The van der Waals surface area contributed by atoms with E-state index in [2.05, 4.69) is 38.0 Å². The molecule has 0 unspecified atom stereocenters. The zero-order chi connectivity index (χ0) is 15.8. The second-order valence-corrected chi connectivity index (χ2v) is 6.60. The van der Waals surface area contributed by atoms with E-state index in [1.54, 1.807) is 24.5 Å². The van der Waals surface area contributed by atoms with Gasteiger partial charge < -0.3 is 15.4 Å². The Morgan fingerprint density at radius 3 is 2.91 bits per heavy atom. The summed E-state index contributed by atoms with van der Waals surface area (Å²) >= 11 is 5.13. The quantitative estimate of drug-likeness (QED) is 0.687. The Hall–Kier alpha value is -1.37. The summed E-state index contributed by atoms with van der Waals surface area (Å²) in [5.41, 5.74) is 0.589. The summed E-state index contributed by atoms with van der Waals surface area (Å²) in [5.74, 6) is 0.579. The van der Waals surface area contributed by atoms with Crippen LogP contribution in [0.5, 0.6) is 5.75 Å². The normalized spacial score (nSPS) is 10.5. The molecular formula is C16H19BrN2O2S. The molecule has 0 atom stereocenters. The molecule has 1 aromatic heterocycles. The van der Waals surface area contributed by atoms with E-state index in [1.807, 2.05) is 18.2 Å². The lowest BCUT2D eigenvalue weighted by molar-refractivity contribution is 0.0952. The molecule has 6 heteroatoms. The Labute approximate surface area is 143 Å². The van der Waals surface area contributed by atoms with Gasteiger partial charge in [0.2, 0.25) is 0 Å². The van der Waals surface area contributed by atoms with Crippen molar-refractivity contribution in [3.8, 4) is 5.75 Å². The van der Waals surface area contributed by atoms with Crippen LogP contribution < -0.4 is 15.4 Å². The molecule has 4 nitrogen and oxygen atoms in total. The molecule has 0 fully saturated rings. The van der Waals surface area contributed by atoms with Crippen LogP contribution in [-0.2, 0) is 6.54 Å². The fraction of sp³-hybridized carbons (Fsp3) is 0.312. The molecule has 22 heavy (non-hydrogen) atoms. The number of ether oxygens (including phenoxy) is 1. The van der Waals surface area contributed by atoms with Crippen molar-refractivity contribution in [2.75, 3.05) is 20.2 Å². The van der Waals surface area contributed by atoms with Crippen molar-refractivity contribution in [3.05, 3.63) is 50.6 Å². The van der Waals surface area contributed by atoms with Crippen molar-refractivity contribution in [1.29, 1.82) is 0 Å². The monoisotopic (exact) mass is 382 g/mol. The third kappa shape index (κ3) is 5.12. The van der Waals surface area contributed by atoms with Gasteiger partial charge in [0.1, 0.15) is 5.75 Å². The van der Waals surface area contributed by atoms with Gasteiger partial charge in [0.15, 0.2) is 0 Å². The van der Waals surface area contributed by atoms with Crippen LogP contribution in [0, 0.1) is 0 Å². The Bertz CT molecular complexity index is 602. The Kier molecular flexibility index (Phi) is 6.89. The van der Waals surface area contributed by atoms with E-state index in [0.717, 1.165) is 24.0 Å². The smallest absolute Gasteiger partial charge is 0.252 e. The zero-order valence-electron chi connectivity index (χ0n) is 12.4. The average Bonchev–Trinajstić information content (AvgIpc) is 3.04. The van der Waals surface area contributed by atoms with Gasteiger partial charge in [-0.2, -0.15) is 0 Å². The number of hydrogen-bond acceptors (Lipinski definition) is 4. The summed E-state index contributed by atoms with van der Waals surface area (Å²) in [6.45, 7) is 2.39. The van der Waals surface area contributed by atoms with Gasteiger partial charge in [-0.1, -0.05) is 6.07 Å². The number of nitrogens with one attached hydrogen (secondary N) is 2. The minimum Gasteiger partial charge on any atom is -0.497 e. The van der Waals surface area contributed by atoms with Gasteiger partial charge in [-0.3, -0.25) is 4.79 Å². The van der Waals surface area contributed by atoms with Crippen molar-refractivity contribution >= 4 is 33.2 Å². The van der Waals surface area contributed by atoms with E-state index in [4.69, 9.17) is 4.74 Å². The van der Waals surface area contributed by atoms with Gasteiger partial charge in [-0.25, -0.2) is 0 Å². The average molecular weight is 383 g/mol. The molecule has 2 aromatic rings. The van der Waals surface area contributed by atoms with E-state index >= 15 is 0 Å².